The molecule has 0 aromatic heterocycles. The Labute approximate surface area is 93.8 Å². The molecule has 2 rings (SSSR count). The third kappa shape index (κ3) is 2.54. The maximum atomic E-state index is 5.74. The highest BCUT2D eigenvalue weighted by atomic mass is 16.5. The molecule has 2 aliphatic rings. The normalized spacial score (nSPS) is 36.4. The minimum absolute atomic E-state index is 0.363. The predicted octanol–water partition coefficient (Wildman–Crippen LogP) is 2.44. The van der Waals surface area contributed by atoms with E-state index < -0.39 is 0 Å². The van der Waals surface area contributed by atoms with Crippen LogP contribution in [-0.4, -0.2) is 25.8 Å². The molecule has 0 aromatic rings. The van der Waals surface area contributed by atoms with Crippen LogP contribution in [0.25, 0.3) is 0 Å². The van der Waals surface area contributed by atoms with Crippen LogP contribution >= 0.6 is 0 Å². The maximum Gasteiger partial charge on any atom is 0.0625 e. The van der Waals surface area contributed by atoms with Crippen molar-refractivity contribution in [3.63, 3.8) is 0 Å². The molecule has 3 atom stereocenters. The van der Waals surface area contributed by atoms with Crippen molar-refractivity contribution in [3.05, 3.63) is 0 Å². The van der Waals surface area contributed by atoms with Gasteiger partial charge in [0.1, 0.15) is 0 Å². The van der Waals surface area contributed by atoms with E-state index in [0.717, 1.165) is 24.4 Å². The number of hydrogen-bond donors (Lipinski definition) is 1. The van der Waals surface area contributed by atoms with E-state index in [2.05, 4.69) is 26.2 Å². The Morgan fingerprint density at radius 2 is 1.80 bits per heavy atom. The summed E-state index contributed by atoms with van der Waals surface area (Å²) in [5, 5.41) is 3.45. The van der Waals surface area contributed by atoms with Gasteiger partial charge in [-0.2, -0.15) is 0 Å². The fraction of sp³-hybridized carbons (Fsp3) is 1.00. The summed E-state index contributed by atoms with van der Waals surface area (Å²) < 4.78 is 5.74. The molecule has 0 radical (unpaired) electrons. The fourth-order valence-electron chi connectivity index (χ4n) is 3.33. The highest BCUT2D eigenvalue weighted by Crippen LogP contribution is 2.56. The van der Waals surface area contributed by atoms with Crippen LogP contribution in [0, 0.1) is 17.8 Å². The Hall–Kier alpha value is -0.0800. The quantitative estimate of drug-likeness (QED) is 0.754. The summed E-state index contributed by atoms with van der Waals surface area (Å²) in [4.78, 5) is 0. The van der Waals surface area contributed by atoms with Crippen molar-refractivity contribution in [1.29, 1.82) is 0 Å². The van der Waals surface area contributed by atoms with Gasteiger partial charge in [-0.1, -0.05) is 12.8 Å². The first-order valence-corrected chi connectivity index (χ1v) is 6.53. The molecule has 0 bridgehead atoms. The Morgan fingerprint density at radius 3 is 2.27 bits per heavy atom. The third-order valence-corrected chi connectivity index (χ3v) is 4.17. The van der Waals surface area contributed by atoms with Gasteiger partial charge in [-0.15, -0.1) is 0 Å². The topological polar surface area (TPSA) is 21.3 Å². The molecule has 2 heteroatoms. The van der Waals surface area contributed by atoms with E-state index in [1.165, 1.54) is 25.7 Å². The third-order valence-electron chi connectivity index (χ3n) is 4.17. The van der Waals surface area contributed by atoms with Gasteiger partial charge in [0.05, 0.1) is 12.7 Å². The van der Waals surface area contributed by atoms with Crippen LogP contribution in [0.1, 0.15) is 39.5 Å². The molecule has 2 saturated carbocycles. The summed E-state index contributed by atoms with van der Waals surface area (Å²) in [6, 6.07) is 0.598. The molecule has 0 aromatic carbocycles. The van der Waals surface area contributed by atoms with Crippen LogP contribution < -0.4 is 5.32 Å². The minimum Gasteiger partial charge on any atom is -0.377 e. The van der Waals surface area contributed by atoms with E-state index in [-0.39, 0.29) is 0 Å². The smallest absolute Gasteiger partial charge is 0.0625 e. The first-order chi connectivity index (χ1) is 7.24. The molecular weight excluding hydrogens is 186 g/mol. The van der Waals surface area contributed by atoms with Gasteiger partial charge in [-0.3, -0.25) is 0 Å². The van der Waals surface area contributed by atoms with Crippen molar-refractivity contribution in [2.24, 2.45) is 17.8 Å². The largest absolute Gasteiger partial charge is 0.377 e. The summed E-state index contributed by atoms with van der Waals surface area (Å²) in [5.41, 5.74) is 0. The average molecular weight is 211 g/mol. The Balaban J connectivity index is 1.80. The highest BCUT2D eigenvalue weighted by Gasteiger charge is 2.53. The Kier molecular flexibility index (Phi) is 3.68. The van der Waals surface area contributed by atoms with Crippen LogP contribution in [0.5, 0.6) is 0 Å². The lowest BCUT2D eigenvalue weighted by Gasteiger charge is -2.18. The Morgan fingerprint density at radius 1 is 1.20 bits per heavy atom. The van der Waals surface area contributed by atoms with Gasteiger partial charge in [-0.25, -0.2) is 0 Å². The van der Waals surface area contributed by atoms with E-state index in [1.807, 2.05) is 0 Å². The van der Waals surface area contributed by atoms with E-state index in [0.29, 0.717) is 12.1 Å². The van der Waals surface area contributed by atoms with Crippen molar-refractivity contribution in [2.45, 2.75) is 51.7 Å². The summed E-state index contributed by atoms with van der Waals surface area (Å²) >= 11 is 0. The number of nitrogens with one attached hydrogen (secondary N) is 1. The zero-order valence-corrected chi connectivity index (χ0v) is 10.3. The van der Waals surface area contributed by atoms with Crippen LogP contribution in [-0.2, 0) is 4.74 Å². The van der Waals surface area contributed by atoms with Gasteiger partial charge in [0.25, 0.3) is 0 Å². The fourth-order valence-corrected chi connectivity index (χ4v) is 3.33. The average Bonchev–Trinajstić information content (AvgIpc) is 2.94. The van der Waals surface area contributed by atoms with Gasteiger partial charge < -0.3 is 10.1 Å². The summed E-state index contributed by atoms with van der Waals surface area (Å²) in [5.74, 6) is 2.95. The van der Waals surface area contributed by atoms with Crippen molar-refractivity contribution in [1.82, 2.24) is 5.32 Å². The van der Waals surface area contributed by atoms with Crippen LogP contribution in [0.15, 0.2) is 0 Å². The summed E-state index contributed by atoms with van der Waals surface area (Å²) in [7, 11) is 2.08. The van der Waals surface area contributed by atoms with Gasteiger partial charge >= 0.3 is 0 Å². The number of rotatable bonds is 5. The second-order valence-electron chi connectivity index (χ2n) is 5.47. The SMILES string of the molecule is CNC(COC(C)C)C1C2CCCCC21. The van der Waals surface area contributed by atoms with Crippen molar-refractivity contribution >= 4 is 0 Å². The standard InChI is InChI=1S/C13H25NO/c1-9(2)15-8-12(14-3)13-10-6-4-5-7-11(10)13/h9-14H,4-8H2,1-3H3. The van der Waals surface area contributed by atoms with Gasteiger partial charge in [0.2, 0.25) is 0 Å². The molecular formula is C13H25NO. The van der Waals surface area contributed by atoms with Crippen LogP contribution in [0.2, 0.25) is 0 Å². The van der Waals surface area contributed by atoms with Gasteiger partial charge in [-0.05, 0) is 51.5 Å². The zero-order valence-electron chi connectivity index (χ0n) is 10.3. The van der Waals surface area contributed by atoms with Crippen LogP contribution in [0.3, 0.4) is 0 Å². The van der Waals surface area contributed by atoms with Crippen molar-refractivity contribution < 1.29 is 4.74 Å². The van der Waals surface area contributed by atoms with E-state index in [9.17, 15) is 0 Å². The maximum absolute atomic E-state index is 5.74. The Bertz CT molecular complexity index is 193. The number of ether oxygens (including phenoxy) is 1. The molecule has 2 aliphatic carbocycles. The molecule has 0 heterocycles. The minimum atomic E-state index is 0.363. The summed E-state index contributed by atoms with van der Waals surface area (Å²) in [6.07, 6.45) is 6.21. The second-order valence-corrected chi connectivity index (χ2v) is 5.47. The van der Waals surface area contributed by atoms with Crippen LogP contribution in [0.4, 0.5) is 0 Å². The van der Waals surface area contributed by atoms with E-state index in [4.69, 9.17) is 4.74 Å². The molecule has 0 aliphatic heterocycles. The molecule has 1 N–H and O–H groups in total. The highest BCUT2D eigenvalue weighted by molar-refractivity contribution is 5.04. The molecule has 2 fully saturated rings. The van der Waals surface area contributed by atoms with Crippen molar-refractivity contribution in [3.8, 4) is 0 Å². The molecule has 0 spiro atoms. The van der Waals surface area contributed by atoms with Gasteiger partial charge in [0, 0.05) is 6.04 Å². The van der Waals surface area contributed by atoms with Gasteiger partial charge in [0.15, 0.2) is 0 Å². The zero-order chi connectivity index (χ0) is 10.8. The molecule has 3 unspecified atom stereocenters. The molecule has 15 heavy (non-hydrogen) atoms. The second kappa shape index (κ2) is 4.84. The molecule has 0 amide bonds. The lowest BCUT2D eigenvalue weighted by Crippen LogP contribution is -2.34. The summed E-state index contributed by atoms with van der Waals surface area (Å²) in [6.45, 7) is 5.13. The number of fused-ring (bicyclic) bond motifs is 1. The van der Waals surface area contributed by atoms with E-state index in [1.54, 1.807) is 0 Å². The number of likely N-dealkylation sites (N-methyl/N-ethyl adjacent to an activating group) is 1. The first kappa shape index (κ1) is 11.4. The molecule has 0 saturated heterocycles. The van der Waals surface area contributed by atoms with Crippen molar-refractivity contribution in [2.75, 3.05) is 13.7 Å². The van der Waals surface area contributed by atoms with E-state index >= 15 is 0 Å². The molecule has 88 valence electrons. The monoisotopic (exact) mass is 211 g/mol. The first-order valence-electron chi connectivity index (χ1n) is 6.53. The lowest BCUT2D eigenvalue weighted by atomic mass is 10.0. The molecule has 2 nitrogen and oxygen atoms in total. The predicted molar refractivity (Wildman–Crippen MR) is 62.9 cm³/mol. The number of hydrogen-bond acceptors (Lipinski definition) is 2. The lowest BCUT2D eigenvalue weighted by molar-refractivity contribution is 0.0565.